The number of nitrogens with one attached hydrogen (secondary N) is 1. The molecule has 3 heterocycles. The fourth-order valence-electron chi connectivity index (χ4n) is 5.56. The number of halogens is 1. The van der Waals surface area contributed by atoms with E-state index in [4.69, 9.17) is 36.2 Å². The second kappa shape index (κ2) is 10.4. The summed E-state index contributed by atoms with van der Waals surface area (Å²) in [6, 6.07) is 31.4. The van der Waals surface area contributed by atoms with Crippen molar-refractivity contribution >= 4 is 46.2 Å². The standard InChI is InChI=1S/C33H27ClN6O2/c1-20-29-30(21-13-18-27(41-2)28(19-21)42-3)39-26-12-8-7-11-25(26)36-31(35-23-16-14-22(34)15-17-23)33(39)37-32(29)40(38-20)24-9-5-4-6-10-24/h4-19,30H,1-3H3,(H,35,36)/t30-/m0/s1. The number of benzene rings is 4. The third-order valence-corrected chi connectivity index (χ3v) is 7.72. The number of ether oxygens (including phenoxy) is 2. The third-order valence-electron chi connectivity index (χ3n) is 7.47. The molecule has 5 aromatic rings. The molecule has 42 heavy (non-hydrogen) atoms. The maximum Gasteiger partial charge on any atom is 0.179 e. The molecule has 208 valence electrons. The van der Waals surface area contributed by atoms with Crippen molar-refractivity contribution in [2.24, 2.45) is 9.98 Å². The van der Waals surface area contributed by atoms with Crippen molar-refractivity contribution in [1.82, 2.24) is 9.78 Å². The van der Waals surface area contributed by atoms with E-state index in [1.54, 1.807) is 14.2 Å². The Kier molecular flexibility index (Phi) is 6.40. The molecule has 0 spiro atoms. The SMILES string of the molecule is COc1ccc([C@H]2c3c(C)nn(-c4ccccc4)c3N=C3C(Nc4ccc(Cl)cc4)=Nc4ccccc4N32)cc1OC. The van der Waals surface area contributed by atoms with Gasteiger partial charge in [-0.05, 0) is 73.2 Å². The molecule has 0 saturated carbocycles. The van der Waals surface area contributed by atoms with Crippen LogP contribution in [-0.4, -0.2) is 35.7 Å². The first-order valence-corrected chi connectivity index (χ1v) is 13.9. The summed E-state index contributed by atoms with van der Waals surface area (Å²) in [5.41, 5.74) is 6.41. The molecule has 4 aromatic carbocycles. The molecule has 0 aliphatic carbocycles. The lowest BCUT2D eigenvalue weighted by Gasteiger charge is -2.40. The molecule has 0 amide bonds. The molecule has 0 unspecified atom stereocenters. The molecule has 0 bridgehead atoms. The monoisotopic (exact) mass is 574 g/mol. The van der Waals surface area contributed by atoms with Crippen molar-refractivity contribution in [2.75, 3.05) is 24.4 Å². The lowest BCUT2D eigenvalue weighted by atomic mass is 9.93. The van der Waals surface area contributed by atoms with Crippen LogP contribution in [-0.2, 0) is 0 Å². The van der Waals surface area contributed by atoms with E-state index in [0.717, 1.165) is 45.4 Å². The summed E-state index contributed by atoms with van der Waals surface area (Å²) < 4.78 is 13.2. The smallest absolute Gasteiger partial charge is 0.179 e. The predicted molar refractivity (Wildman–Crippen MR) is 168 cm³/mol. The predicted octanol–water partition coefficient (Wildman–Crippen LogP) is 7.65. The van der Waals surface area contributed by atoms with Crippen LogP contribution in [0.5, 0.6) is 11.5 Å². The van der Waals surface area contributed by atoms with E-state index >= 15 is 0 Å². The Morgan fingerprint density at radius 3 is 2.31 bits per heavy atom. The van der Waals surface area contributed by atoms with Gasteiger partial charge in [0.1, 0.15) is 0 Å². The molecule has 0 saturated heterocycles. The highest BCUT2D eigenvalue weighted by Crippen LogP contribution is 2.49. The average molecular weight is 575 g/mol. The van der Waals surface area contributed by atoms with E-state index in [1.807, 2.05) is 96.5 Å². The van der Waals surface area contributed by atoms with Gasteiger partial charge in [-0.15, -0.1) is 0 Å². The minimum absolute atomic E-state index is 0.288. The fraction of sp³-hybridized carbons (Fsp3) is 0.121. The Morgan fingerprint density at radius 1 is 0.810 bits per heavy atom. The second-order valence-electron chi connectivity index (χ2n) is 9.97. The van der Waals surface area contributed by atoms with E-state index < -0.39 is 0 Å². The minimum atomic E-state index is -0.288. The van der Waals surface area contributed by atoms with Crippen LogP contribution in [0.4, 0.5) is 22.9 Å². The van der Waals surface area contributed by atoms with Crippen LogP contribution < -0.4 is 19.7 Å². The van der Waals surface area contributed by atoms with Crippen LogP contribution in [0.1, 0.15) is 22.9 Å². The van der Waals surface area contributed by atoms with Gasteiger partial charge in [-0.3, -0.25) is 0 Å². The van der Waals surface area contributed by atoms with Gasteiger partial charge in [0.2, 0.25) is 0 Å². The quantitative estimate of drug-likeness (QED) is 0.233. The maximum absolute atomic E-state index is 6.18. The van der Waals surface area contributed by atoms with Gasteiger partial charge < -0.3 is 19.7 Å². The van der Waals surface area contributed by atoms with Crippen molar-refractivity contribution in [3.05, 3.63) is 119 Å². The number of aryl methyl sites for hydroxylation is 1. The molecule has 8 nitrogen and oxygen atoms in total. The highest BCUT2D eigenvalue weighted by molar-refractivity contribution is 6.51. The Bertz CT molecular complexity index is 1860. The van der Waals surface area contributed by atoms with Gasteiger partial charge in [0.05, 0.1) is 43.0 Å². The minimum Gasteiger partial charge on any atom is -0.493 e. The van der Waals surface area contributed by atoms with E-state index in [0.29, 0.717) is 28.2 Å². The summed E-state index contributed by atoms with van der Waals surface area (Å²) in [6.07, 6.45) is 0. The van der Waals surface area contributed by atoms with Crippen molar-refractivity contribution in [3.63, 3.8) is 0 Å². The number of fused-ring (bicyclic) bond motifs is 4. The third kappa shape index (κ3) is 4.28. The highest BCUT2D eigenvalue weighted by atomic mass is 35.5. The Labute approximate surface area is 248 Å². The van der Waals surface area contributed by atoms with Crippen LogP contribution in [0.3, 0.4) is 0 Å². The zero-order chi connectivity index (χ0) is 28.8. The van der Waals surface area contributed by atoms with Crippen molar-refractivity contribution < 1.29 is 9.47 Å². The normalized spacial score (nSPS) is 15.1. The summed E-state index contributed by atoms with van der Waals surface area (Å²) >= 11 is 6.18. The Hall–Kier alpha value is -5.08. The summed E-state index contributed by atoms with van der Waals surface area (Å²) in [4.78, 5) is 12.6. The van der Waals surface area contributed by atoms with Gasteiger partial charge in [0.25, 0.3) is 0 Å². The zero-order valence-electron chi connectivity index (χ0n) is 23.2. The molecule has 2 aliphatic heterocycles. The molecular formula is C33H27ClN6O2. The Balaban J connectivity index is 1.50. The molecular weight excluding hydrogens is 548 g/mol. The summed E-state index contributed by atoms with van der Waals surface area (Å²) in [6.45, 7) is 2.03. The molecule has 1 atom stereocenters. The number of aromatic nitrogens is 2. The number of methoxy groups -OCH3 is 2. The van der Waals surface area contributed by atoms with Crippen molar-refractivity contribution in [1.29, 1.82) is 0 Å². The number of aliphatic imine (C=N–C) groups is 2. The highest BCUT2D eigenvalue weighted by Gasteiger charge is 2.41. The topological polar surface area (TPSA) is 76.3 Å². The first-order valence-electron chi connectivity index (χ1n) is 13.5. The zero-order valence-corrected chi connectivity index (χ0v) is 24.0. The van der Waals surface area contributed by atoms with E-state index in [2.05, 4.69) is 22.3 Å². The molecule has 0 radical (unpaired) electrons. The summed E-state index contributed by atoms with van der Waals surface area (Å²) in [5.74, 6) is 3.34. The number of amidine groups is 2. The van der Waals surface area contributed by atoms with Crippen molar-refractivity contribution in [2.45, 2.75) is 13.0 Å². The summed E-state index contributed by atoms with van der Waals surface area (Å²) in [7, 11) is 3.29. The van der Waals surface area contributed by atoms with Crippen LogP contribution in [0.15, 0.2) is 107 Å². The molecule has 7 rings (SSSR count). The largest absolute Gasteiger partial charge is 0.493 e. The second-order valence-corrected chi connectivity index (χ2v) is 10.4. The van der Waals surface area contributed by atoms with Gasteiger partial charge in [-0.2, -0.15) is 5.10 Å². The van der Waals surface area contributed by atoms with Gasteiger partial charge in [0, 0.05) is 16.3 Å². The first kappa shape index (κ1) is 25.9. The van der Waals surface area contributed by atoms with Crippen LogP contribution in [0, 0.1) is 6.92 Å². The number of hydrogen-bond donors (Lipinski definition) is 1. The van der Waals surface area contributed by atoms with Crippen LogP contribution in [0.25, 0.3) is 5.69 Å². The number of para-hydroxylation sites is 3. The van der Waals surface area contributed by atoms with E-state index in [9.17, 15) is 0 Å². The molecule has 0 fully saturated rings. The van der Waals surface area contributed by atoms with Gasteiger partial charge in [-0.25, -0.2) is 14.7 Å². The first-order chi connectivity index (χ1) is 20.6. The van der Waals surface area contributed by atoms with Crippen molar-refractivity contribution in [3.8, 4) is 17.2 Å². The molecule has 1 aromatic heterocycles. The number of hydrogen-bond acceptors (Lipinski definition) is 7. The average Bonchev–Trinajstić information content (AvgIpc) is 3.37. The van der Waals surface area contributed by atoms with Gasteiger partial charge >= 0.3 is 0 Å². The number of nitrogens with zero attached hydrogens (tertiary/aromatic N) is 5. The van der Waals surface area contributed by atoms with E-state index in [-0.39, 0.29) is 6.04 Å². The van der Waals surface area contributed by atoms with Crippen LogP contribution in [0.2, 0.25) is 5.02 Å². The molecule has 1 N–H and O–H groups in total. The lowest BCUT2D eigenvalue weighted by Crippen LogP contribution is -2.46. The fourth-order valence-corrected chi connectivity index (χ4v) is 5.68. The number of anilines is 2. The lowest BCUT2D eigenvalue weighted by molar-refractivity contribution is 0.354. The van der Waals surface area contributed by atoms with Crippen LogP contribution >= 0.6 is 11.6 Å². The molecule has 9 heteroatoms. The molecule has 2 aliphatic rings. The van der Waals surface area contributed by atoms with E-state index in [1.165, 1.54) is 0 Å². The Morgan fingerprint density at radius 2 is 1.55 bits per heavy atom. The summed E-state index contributed by atoms with van der Waals surface area (Å²) in [5, 5.41) is 9.16. The van der Waals surface area contributed by atoms with Gasteiger partial charge in [-0.1, -0.05) is 48.0 Å². The van der Waals surface area contributed by atoms with Gasteiger partial charge in [0.15, 0.2) is 29.0 Å². The maximum atomic E-state index is 6.18. The number of rotatable bonds is 5.